The molecule has 0 aliphatic heterocycles. The van der Waals surface area contributed by atoms with E-state index in [1.165, 1.54) is 0 Å². The van der Waals surface area contributed by atoms with Gasteiger partial charge in [-0.1, -0.05) is 37.9 Å². The molecule has 1 radical (unpaired) electrons. The fourth-order valence-electron chi connectivity index (χ4n) is 1.24. The molecule has 3 heteroatoms. The van der Waals surface area contributed by atoms with Gasteiger partial charge in [-0.15, -0.1) is 0 Å². The summed E-state index contributed by atoms with van der Waals surface area (Å²) < 4.78 is 2.12. The largest absolute Gasteiger partial charge is 0.255 e. The fourth-order valence-corrected chi connectivity index (χ4v) is 2.70. The standard InChI is InChI=1S/C11H6Br2N/c12-9-2-1-3-10(13)11(9)8-4-6-14-7-5-8/h1-6H. The van der Waals surface area contributed by atoms with E-state index in [1.54, 1.807) is 6.20 Å². The Morgan fingerprint density at radius 2 is 1.79 bits per heavy atom. The molecule has 0 amide bonds. The smallest absolute Gasteiger partial charge is 0.0892 e. The summed E-state index contributed by atoms with van der Waals surface area (Å²) in [5.74, 6) is 0. The van der Waals surface area contributed by atoms with Crippen LogP contribution in [0.1, 0.15) is 0 Å². The van der Waals surface area contributed by atoms with E-state index in [0.717, 1.165) is 20.1 Å². The van der Waals surface area contributed by atoms with E-state index < -0.39 is 0 Å². The number of hydrogen-bond donors (Lipinski definition) is 0. The van der Waals surface area contributed by atoms with Crippen molar-refractivity contribution in [3.63, 3.8) is 0 Å². The molecule has 0 fully saturated rings. The number of aromatic nitrogens is 1. The fraction of sp³-hybridized carbons (Fsp3) is 0. The van der Waals surface area contributed by atoms with Gasteiger partial charge in [-0.25, -0.2) is 0 Å². The third-order valence-corrected chi connectivity index (χ3v) is 3.20. The van der Waals surface area contributed by atoms with Gasteiger partial charge in [-0.3, -0.25) is 4.98 Å². The lowest BCUT2D eigenvalue weighted by Crippen LogP contribution is -1.82. The summed E-state index contributed by atoms with van der Waals surface area (Å²) in [4.78, 5) is 3.87. The highest BCUT2D eigenvalue weighted by atomic mass is 79.9. The normalized spacial score (nSPS) is 10.1. The number of nitrogens with zero attached hydrogens (tertiary/aromatic N) is 1. The average Bonchev–Trinajstić information content (AvgIpc) is 2.19. The summed E-state index contributed by atoms with van der Waals surface area (Å²) in [5, 5.41) is 0. The first-order valence-electron chi connectivity index (χ1n) is 4.05. The van der Waals surface area contributed by atoms with Crippen molar-refractivity contribution < 1.29 is 0 Å². The SMILES string of the molecule is Brc1cccc(Br)c1-c1c[c]ncc1. The van der Waals surface area contributed by atoms with Crippen molar-refractivity contribution in [2.75, 3.05) is 0 Å². The molecule has 0 saturated heterocycles. The zero-order valence-corrected chi connectivity index (χ0v) is 10.3. The third kappa shape index (κ3) is 1.88. The first kappa shape index (κ1) is 9.87. The van der Waals surface area contributed by atoms with E-state index >= 15 is 0 Å². The third-order valence-electron chi connectivity index (χ3n) is 1.87. The molecule has 0 N–H and O–H groups in total. The molecule has 1 aromatic heterocycles. The minimum absolute atomic E-state index is 1.06. The molecular formula is C11H6Br2N. The molecule has 0 aliphatic carbocycles. The predicted molar refractivity (Wildman–Crippen MR) is 63.9 cm³/mol. The van der Waals surface area contributed by atoms with E-state index in [-0.39, 0.29) is 0 Å². The lowest BCUT2D eigenvalue weighted by Gasteiger charge is -2.06. The van der Waals surface area contributed by atoms with Crippen LogP contribution in [0.5, 0.6) is 0 Å². The summed E-state index contributed by atoms with van der Waals surface area (Å²) in [5.41, 5.74) is 2.23. The predicted octanol–water partition coefficient (Wildman–Crippen LogP) is 4.07. The average molecular weight is 312 g/mol. The Bertz CT molecular complexity index is 420. The van der Waals surface area contributed by atoms with Crippen LogP contribution in [0.3, 0.4) is 0 Å². The number of rotatable bonds is 1. The Labute approximate surface area is 99.4 Å². The van der Waals surface area contributed by atoms with Crippen LogP contribution in [0.25, 0.3) is 11.1 Å². The van der Waals surface area contributed by atoms with Crippen LogP contribution in [-0.4, -0.2) is 4.98 Å². The van der Waals surface area contributed by atoms with Gasteiger partial charge in [0.25, 0.3) is 0 Å². The number of halogens is 2. The van der Waals surface area contributed by atoms with Gasteiger partial charge in [0, 0.05) is 20.7 Å². The second-order valence-electron chi connectivity index (χ2n) is 2.77. The molecule has 0 bridgehead atoms. The van der Waals surface area contributed by atoms with Gasteiger partial charge >= 0.3 is 0 Å². The van der Waals surface area contributed by atoms with Crippen LogP contribution in [0.15, 0.2) is 45.5 Å². The first-order valence-corrected chi connectivity index (χ1v) is 5.64. The lowest BCUT2D eigenvalue weighted by atomic mass is 10.1. The van der Waals surface area contributed by atoms with Crippen LogP contribution >= 0.6 is 31.9 Å². The van der Waals surface area contributed by atoms with Crippen LogP contribution in [-0.2, 0) is 0 Å². The molecule has 0 spiro atoms. The molecule has 0 atom stereocenters. The maximum absolute atomic E-state index is 3.87. The van der Waals surface area contributed by atoms with Gasteiger partial charge in [-0.05, 0) is 29.8 Å². The highest BCUT2D eigenvalue weighted by Gasteiger charge is 2.06. The van der Waals surface area contributed by atoms with Crippen LogP contribution in [0, 0.1) is 6.20 Å². The van der Waals surface area contributed by atoms with Crippen LogP contribution in [0.4, 0.5) is 0 Å². The lowest BCUT2D eigenvalue weighted by molar-refractivity contribution is 1.31. The minimum Gasteiger partial charge on any atom is -0.255 e. The van der Waals surface area contributed by atoms with E-state index in [9.17, 15) is 0 Å². The van der Waals surface area contributed by atoms with Gasteiger partial charge < -0.3 is 0 Å². The molecule has 69 valence electrons. The topological polar surface area (TPSA) is 12.9 Å². The zero-order chi connectivity index (χ0) is 9.97. The maximum atomic E-state index is 3.87. The Balaban J connectivity index is 2.63. The van der Waals surface area contributed by atoms with Gasteiger partial charge in [0.2, 0.25) is 0 Å². The first-order chi connectivity index (χ1) is 6.79. The summed E-state index contributed by atoms with van der Waals surface area (Å²) in [7, 11) is 0. The van der Waals surface area contributed by atoms with Crippen LogP contribution in [0.2, 0.25) is 0 Å². The van der Waals surface area contributed by atoms with E-state index in [4.69, 9.17) is 0 Å². The molecule has 1 heterocycles. The van der Waals surface area contributed by atoms with Gasteiger partial charge in [-0.2, -0.15) is 0 Å². The van der Waals surface area contributed by atoms with E-state index in [1.807, 2.05) is 30.3 Å². The molecule has 14 heavy (non-hydrogen) atoms. The van der Waals surface area contributed by atoms with Crippen molar-refractivity contribution >= 4 is 31.9 Å². The highest BCUT2D eigenvalue weighted by Crippen LogP contribution is 2.34. The molecule has 0 saturated carbocycles. The number of pyridine rings is 1. The Morgan fingerprint density at radius 1 is 1.07 bits per heavy atom. The van der Waals surface area contributed by atoms with E-state index in [0.29, 0.717) is 0 Å². The minimum atomic E-state index is 1.06. The maximum Gasteiger partial charge on any atom is 0.0892 e. The van der Waals surface area contributed by atoms with Crippen molar-refractivity contribution in [2.24, 2.45) is 0 Å². The Hall–Kier alpha value is -0.670. The second-order valence-corrected chi connectivity index (χ2v) is 4.48. The second kappa shape index (κ2) is 4.24. The van der Waals surface area contributed by atoms with Gasteiger partial charge in [0.05, 0.1) is 6.20 Å². The molecular weight excluding hydrogens is 306 g/mol. The van der Waals surface area contributed by atoms with Gasteiger partial charge in [0.1, 0.15) is 0 Å². The van der Waals surface area contributed by atoms with E-state index in [2.05, 4.69) is 43.0 Å². The number of benzene rings is 1. The zero-order valence-electron chi connectivity index (χ0n) is 7.17. The molecule has 2 aromatic rings. The van der Waals surface area contributed by atoms with Crippen molar-refractivity contribution in [1.29, 1.82) is 0 Å². The Kier molecular flexibility index (Phi) is 2.99. The highest BCUT2D eigenvalue weighted by molar-refractivity contribution is 9.11. The van der Waals surface area contributed by atoms with Crippen molar-refractivity contribution in [3.8, 4) is 11.1 Å². The quantitative estimate of drug-likeness (QED) is 0.773. The summed E-state index contributed by atoms with van der Waals surface area (Å²) in [6, 6.07) is 9.84. The number of hydrogen-bond acceptors (Lipinski definition) is 1. The van der Waals surface area contributed by atoms with Crippen molar-refractivity contribution in [2.45, 2.75) is 0 Å². The summed E-state index contributed by atoms with van der Waals surface area (Å²) >= 11 is 7.04. The summed E-state index contributed by atoms with van der Waals surface area (Å²) in [6.45, 7) is 0. The van der Waals surface area contributed by atoms with Crippen molar-refractivity contribution in [3.05, 3.63) is 51.7 Å². The van der Waals surface area contributed by atoms with Crippen LogP contribution < -0.4 is 0 Å². The molecule has 0 unspecified atom stereocenters. The molecule has 2 rings (SSSR count). The molecule has 0 aliphatic rings. The van der Waals surface area contributed by atoms with Crippen molar-refractivity contribution in [1.82, 2.24) is 4.98 Å². The molecule has 1 aromatic carbocycles. The van der Waals surface area contributed by atoms with Gasteiger partial charge in [0.15, 0.2) is 0 Å². The monoisotopic (exact) mass is 310 g/mol. The Morgan fingerprint density at radius 3 is 2.36 bits per heavy atom. The molecule has 1 nitrogen and oxygen atoms in total. The summed E-state index contributed by atoms with van der Waals surface area (Å²) in [6.07, 6.45) is 4.56.